The Balaban J connectivity index is 0.00000256. The minimum absolute atomic E-state index is 0. The van der Waals surface area contributed by atoms with Gasteiger partial charge in [-0.05, 0) is 26.7 Å². The Bertz CT molecular complexity index is 216. The summed E-state index contributed by atoms with van der Waals surface area (Å²) in [5, 5.41) is 3.28. The molecule has 1 fully saturated rings. The van der Waals surface area contributed by atoms with Crippen LogP contribution in [0.5, 0.6) is 0 Å². The first-order valence-electron chi connectivity index (χ1n) is 6.36. The van der Waals surface area contributed by atoms with Gasteiger partial charge in [-0.25, -0.2) is 0 Å². The van der Waals surface area contributed by atoms with Crippen molar-refractivity contribution < 1.29 is 4.74 Å². The Morgan fingerprint density at radius 3 is 2.59 bits per heavy atom. The fourth-order valence-corrected chi connectivity index (χ4v) is 1.96. The molecule has 0 aromatic rings. The van der Waals surface area contributed by atoms with Crippen molar-refractivity contribution in [2.75, 3.05) is 13.2 Å². The number of halogens is 1. The maximum atomic E-state index is 5.80. The topological polar surface area (TPSA) is 59.6 Å². The third-order valence-electron chi connectivity index (χ3n) is 2.78. The number of ether oxygens (including phenoxy) is 1. The van der Waals surface area contributed by atoms with Gasteiger partial charge in [-0.1, -0.05) is 19.3 Å². The van der Waals surface area contributed by atoms with Crippen molar-refractivity contribution in [2.45, 2.75) is 58.1 Å². The summed E-state index contributed by atoms with van der Waals surface area (Å²) in [7, 11) is 0. The number of nitrogens with one attached hydrogen (secondary N) is 1. The predicted molar refractivity (Wildman–Crippen MR) is 83.0 cm³/mol. The van der Waals surface area contributed by atoms with Crippen LogP contribution in [-0.2, 0) is 4.74 Å². The first-order chi connectivity index (χ1) is 7.68. The van der Waals surface area contributed by atoms with Gasteiger partial charge in [0.2, 0.25) is 0 Å². The molecule has 0 radical (unpaired) electrons. The van der Waals surface area contributed by atoms with Gasteiger partial charge in [0.05, 0.1) is 19.3 Å². The number of aliphatic imine (C=N–C) groups is 1. The molecule has 0 aliphatic heterocycles. The summed E-state index contributed by atoms with van der Waals surface area (Å²) in [6.45, 7) is 5.33. The predicted octanol–water partition coefficient (Wildman–Crippen LogP) is 2.27. The van der Waals surface area contributed by atoms with Crippen LogP contribution in [0.2, 0.25) is 0 Å². The zero-order valence-corrected chi connectivity index (χ0v) is 13.3. The second-order valence-corrected chi connectivity index (χ2v) is 4.67. The normalized spacial score (nSPS) is 17.9. The molecule has 0 unspecified atom stereocenters. The van der Waals surface area contributed by atoms with Crippen molar-refractivity contribution in [3.63, 3.8) is 0 Å². The van der Waals surface area contributed by atoms with Gasteiger partial charge in [0.1, 0.15) is 0 Å². The highest BCUT2D eigenvalue weighted by Crippen LogP contribution is 2.16. The van der Waals surface area contributed by atoms with Crippen LogP contribution in [0.15, 0.2) is 4.99 Å². The van der Waals surface area contributed by atoms with Crippen LogP contribution in [0, 0.1) is 0 Å². The lowest BCUT2D eigenvalue weighted by Gasteiger charge is -2.23. The van der Waals surface area contributed by atoms with Crippen molar-refractivity contribution in [1.29, 1.82) is 0 Å². The third-order valence-corrected chi connectivity index (χ3v) is 2.78. The molecule has 0 aromatic carbocycles. The van der Waals surface area contributed by atoms with Gasteiger partial charge in [-0.3, -0.25) is 4.99 Å². The van der Waals surface area contributed by atoms with E-state index in [9.17, 15) is 0 Å². The van der Waals surface area contributed by atoms with Crippen LogP contribution >= 0.6 is 24.0 Å². The van der Waals surface area contributed by atoms with Crippen LogP contribution in [0.1, 0.15) is 46.0 Å². The van der Waals surface area contributed by atoms with E-state index in [1.165, 1.54) is 32.1 Å². The summed E-state index contributed by atoms with van der Waals surface area (Å²) in [6, 6.07) is 0.531. The maximum Gasteiger partial charge on any atom is 0.188 e. The minimum Gasteiger partial charge on any atom is -0.377 e. The van der Waals surface area contributed by atoms with Gasteiger partial charge in [-0.2, -0.15) is 0 Å². The molecule has 0 heterocycles. The quantitative estimate of drug-likeness (QED) is 0.344. The molecule has 3 N–H and O–H groups in total. The number of guanidine groups is 1. The van der Waals surface area contributed by atoms with Gasteiger partial charge in [0.15, 0.2) is 5.96 Å². The van der Waals surface area contributed by atoms with E-state index in [1.807, 2.05) is 13.8 Å². The SMILES string of the molecule is CC(C)OCCN=C(N)NC1CCCCC1.I. The highest BCUT2D eigenvalue weighted by molar-refractivity contribution is 14.0. The summed E-state index contributed by atoms with van der Waals surface area (Å²) in [5.74, 6) is 0.569. The second kappa shape index (κ2) is 9.94. The Morgan fingerprint density at radius 2 is 2.00 bits per heavy atom. The molecule has 0 bridgehead atoms. The van der Waals surface area contributed by atoms with E-state index >= 15 is 0 Å². The van der Waals surface area contributed by atoms with Crippen LogP contribution < -0.4 is 11.1 Å². The minimum atomic E-state index is 0. The van der Waals surface area contributed by atoms with E-state index in [-0.39, 0.29) is 30.1 Å². The van der Waals surface area contributed by atoms with Crippen molar-refractivity contribution >= 4 is 29.9 Å². The number of hydrogen-bond donors (Lipinski definition) is 2. The molecule has 5 heteroatoms. The van der Waals surface area contributed by atoms with Crippen molar-refractivity contribution in [1.82, 2.24) is 5.32 Å². The molecule has 1 aliphatic carbocycles. The fraction of sp³-hybridized carbons (Fsp3) is 0.917. The van der Waals surface area contributed by atoms with Crippen LogP contribution in [0.3, 0.4) is 0 Å². The van der Waals surface area contributed by atoms with E-state index in [0.717, 1.165) is 0 Å². The second-order valence-electron chi connectivity index (χ2n) is 4.67. The zero-order valence-electron chi connectivity index (χ0n) is 10.9. The van der Waals surface area contributed by atoms with E-state index in [4.69, 9.17) is 10.5 Å². The molecule has 4 nitrogen and oxygen atoms in total. The molecule has 0 aromatic heterocycles. The lowest BCUT2D eigenvalue weighted by Crippen LogP contribution is -2.41. The Hall–Kier alpha value is -0.0400. The first-order valence-corrected chi connectivity index (χ1v) is 6.36. The van der Waals surface area contributed by atoms with E-state index in [2.05, 4.69) is 10.3 Å². The molecule has 0 saturated heterocycles. The number of rotatable bonds is 5. The largest absolute Gasteiger partial charge is 0.377 e. The molecule has 102 valence electrons. The van der Waals surface area contributed by atoms with Crippen molar-refractivity contribution in [3.8, 4) is 0 Å². The molecule has 0 amide bonds. The fourth-order valence-electron chi connectivity index (χ4n) is 1.96. The average Bonchev–Trinajstić information content (AvgIpc) is 2.25. The number of hydrogen-bond acceptors (Lipinski definition) is 2. The highest BCUT2D eigenvalue weighted by Gasteiger charge is 2.12. The Kier molecular flexibility index (Phi) is 9.91. The van der Waals surface area contributed by atoms with E-state index in [1.54, 1.807) is 0 Å². The lowest BCUT2D eigenvalue weighted by atomic mass is 9.96. The van der Waals surface area contributed by atoms with Crippen LogP contribution in [-0.4, -0.2) is 31.3 Å². The van der Waals surface area contributed by atoms with Gasteiger partial charge >= 0.3 is 0 Å². The molecule has 1 aliphatic rings. The summed E-state index contributed by atoms with van der Waals surface area (Å²) in [6.07, 6.45) is 6.68. The summed E-state index contributed by atoms with van der Waals surface area (Å²) in [5.41, 5.74) is 5.80. The first kappa shape index (κ1) is 17.0. The molecule has 1 rings (SSSR count). The maximum absolute atomic E-state index is 5.80. The summed E-state index contributed by atoms with van der Waals surface area (Å²) < 4.78 is 5.39. The van der Waals surface area contributed by atoms with Gasteiger partial charge < -0.3 is 15.8 Å². The van der Waals surface area contributed by atoms with Crippen molar-refractivity contribution in [3.05, 3.63) is 0 Å². The molecule has 0 atom stereocenters. The van der Waals surface area contributed by atoms with Crippen LogP contribution in [0.4, 0.5) is 0 Å². The summed E-state index contributed by atoms with van der Waals surface area (Å²) in [4.78, 5) is 4.25. The monoisotopic (exact) mass is 355 g/mol. The van der Waals surface area contributed by atoms with Gasteiger partial charge in [0, 0.05) is 6.04 Å². The zero-order chi connectivity index (χ0) is 11.8. The number of nitrogens with two attached hydrogens (primary N) is 1. The van der Waals surface area contributed by atoms with E-state index in [0.29, 0.717) is 25.2 Å². The standard InChI is InChI=1S/C12H25N3O.HI/c1-10(2)16-9-8-14-12(13)15-11-6-4-3-5-7-11;/h10-11H,3-9H2,1-2H3,(H3,13,14,15);1H. The third kappa shape index (κ3) is 8.65. The number of nitrogens with zero attached hydrogens (tertiary/aromatic N) is 1. The smallest absolute Gasteiger partial charge is 0.188 e. The van der Waals surface area contributed by atoms with Gasteiger partial charge in [0.25, 0.3) is 0 Å². The molecule has 17 heavy (non-hydrogen) atoms. The van der Waals surface area contributed by atoms with Crippen molar-refractivity contribution in [2.24, 2.45) is 10.7 Å². The van der Waals surface area contributed by atoms with E-state index < -0.39 is 0 Å². The Labute approximate surface area is 122 Å². The summed E-state index contributed by atoms with van der Waals surface area (Å²) >= 11 is 0. The van der Waals surface area contributed by atoms with Crippen LogP contribution in [0.25, 0.3) is 0 Å². The lowest BCUT2D eigenvalue weighted by molar-refractivity contribution is 0.0853. The van der Waals surface area contributed by atoms with Gasteiger partial charge in [-0.15, -0.1) is 24.0 Å². The molecular formula is C12H26IN3O. The average molecular weight is 355 g/mol. The molecule has 0 spiro atoms. The highest BCUT2D eigenvalue weighted by atomic mass is 127. The Morgan fingerprint density at radius 1 is 1.35 bits per heavy atom. The molecule has 1 saturated carbocycles. The molecular weight excluding hydrogens is 329 g/mol.